The van der Waals surface area contributed by atoms with Crippen LogP contribution in [0.25, 0.3) is 0 Å². The van der Waals surface area contributed by atoms with Gasteiger partial charge in [0.15, 0.2) is 5.78 Å². The first-order valence-electron chi connectivity index (χ1n) is 8.48. The molecule has 3 aliphatic rings. The van der Waals surface area contributed by atoms with Gasteiger partial charge >= 0.3 is 0 Å². The summed E-state index contributed by atoms with van der Waals surface area (Å²) in [6.45, 7) is 4.27. The number of fused-ring (bicyclic) bond motifs is 1. The van der Waals surface area contributed by atoms with Crippen LogP contribution in [0.15, 0.2) is 41.6 Å². The van der Waals surface area contributed by atoms with Crippen LogP contribution in [-0.4, -0.2) is 18.0 Å². The van der Waals surface area contributed by atoms with Gasteiger partial charge in [0.25, 0.3) is 0 Å². The van der Waals surface area contributed by atoms with Crippen LogP contribution in [0.2, 0.25) is 0 Å². The molecule has 0 aromatic heterocycles. The zero-order chi connectivity index (χ0) is 16.9. The number of hydrogen-bond acceptors (Lipinski definition) is 5. The highest BCUT2D eigenvalue weighted by Crippen LogP contribution is 2.48. The number of rotatable bonds is 1. The van der Waals surface area contributed by atoms with Gasteiger partial charge in [-0.2, -0.15) is 5.26 Å². The molecule has 2 heterocycles. The van der Waals surface area contributed by atoms with Crippen molar-refractivity contribution in [2.24, 2.45) is 11.3 Å². The Morgan fingerprint density at radius 1 is 1.17 bits per heavy atom. The average molecular weight is 322 g/mol. The molecule has 124 valence electrons. The molecule has 4 unspecified atom stereocenters. The number of allylic oxidation sites excluding steroid dienone is 2. The van der Waals surface area contributed by atoms with Crippen molar-refractivity contribution in [1.29, 1.82) is 5.26 Å². The summed E-state index contributed by atoms with van der Waals surface area (Å²) in [6.07, 6.45) is 1.38. The molecule has 4 atom stereocenters. The molecule has 0 bridgehead atoms. The highest BCUT2D eigenvalue weighted by Gasteiger charge is 2.50. The van der Waals surface area contributed by atoms with Crippen molar-refractivity contribution in [3.8, 4) is 6.07 Å². The lowest BCUT2D eigenvalue weighted by molar-refractivity contribution is -0.118. The average Bonchev–Trinajstić information content (AvgIpc) is 2.95. The van der Waals surface area contributed by atoms with Gasteiger partial charge in [-0.1, -0.05) is 44.2 Å². The number of carbonyl (C=O) groups excluding carboxylic acids is 1. The third kappa shape index (κ3) is 2.34. The van der Waals surface area contributed by atoms with Crippen molar-refractivity contribution >= 4 is 5.78 Å². The van der Waals surface area contributed by atoms with Crippen LogP contribution >= 0.6 is 0 Å². The van der Waals surface area contributed by atoms with Crippen LogP contribution < -0.4 is 16.2 Å². The summed E-state index contributed by atoms with van der Waals surface area (Å²) in [5, 5.41) is 13.0. The molecule has 1 fully saturated rings. The third-order valence-corrected chi connectivity index (χ3v) is 5.41. The molecule has 4 rings (SSSR count). The van der Waals surface area contributed by atoms with E-state index in [1.54, 1.807) is 0 Å². The molecular weight excluding hydrogens is 300 g/mol. The Bertz CT molecular complexity index is 746. The first-order valence-corrected chi connectivity index (χ1v) is 8.48. The van der Waals surface area contributed by atoms with E-state index in [1.165, 1.54) is 0 Å². The number of nitrogens with one attached hydrogen (secondary N) is 3. The Labute approximate surface area is 142 Å². The van der Waals surface area contributed by atoms with Gasteiger partial charge in [-0.25, -0.2) is 10.9 Å². The normalized spacial score (nSPS) is 34.1. The summed E-state index contributed by atoms with van der Waals surface area (Å²) in [5.74, 6) is 0.147. The van der Waals surface area contributed by atoms with E-state index < -0.39 is 0 Å². The van der Waals surface area contributed by atoms with Crippen LogP contribution in [0, 0.1) is 22.7 Å². The first kappa shape index (κ1) is 15.4. The summed E-state index contributed by atoms with van der Waals surface area (Å²) in [7, 11) is 0. The largest absolute Gasteiger partial charge is 0.371 e. The number of ketones is 1. The number of nitrogens with zero attached hydrogens (tertiary/aromatic N) is 1. The number of Topliss-reactive ketones (excluding diaryl/α,β-unsaturated/α-hetero) is 1. The molecule has 0 saturated carbocycles. The third-order valence-electron chi connectivity index (χ3n) is 5.41. The van der Waals surface area contributed by atoms with Gasteiger partial charge in [0.1, 0.15) is 6.04 Å². The molecule has 1 aliphatic carbocycles. The summed E-state index contributed by atoms with van der Waals surface area (Å²) in [4.78, 5) is 13.0. The maximum atomic E-state index is 13.0. The molecule has 24 heavy (non-hydrogen) atoms. The molecule has 5 nitrogen and oxygen atoms in total. The van der Waals surface area contributed by atoms with Crippen LogP contribution in [0.5, 0.6) is 0 Å². The lowest BCUT2D eigenvalue weighted by atomic mass is 9.65. The van der Waals surface area contributed by atoms with Crippen LogP contribution in [0.4, 0.5) is 0 Å². The summed E-state index contributed by atoms with van der Waals surface area (Å²) >= 11 is 0. The van der Waals surface area contributed by atoms with Crippen molar-refractivity contribution in [2.75, 3.05) is 0 Å². The maximum absolute atomic E-state index is 13.0. The van der Waals surface area contributed by atoms with Gasteiger partial charge in [0, 0.05) is 29.5 Å². The Hall–Kier alpha value is -2.16. The number of hydrogen-bond donors (Lipinski definition) is 3. The second-order valence-corrected chi connectivity index (χ2v) is 7.82. The smallest absolute Gasteiger partial charge is 0.161 e. The van der Waals surface area contributed by atoms with E-state index in [1.807, 2.05) is 18.2 Å². The number of carbonyl (C=O) groups is 1. The van der Waals surface area contributed by atoms with Gasteiger partial charge in [-0.05, 0) is 17.4 Å². The minimum atomic E-state index is -0.329. The topological polar surface area (TPSA) is 77.0 Å². The molecule has 1 aromatic carbocycles. The molecule has 1 aromatic rings. The fourth-order valence-corrected chi connectivity index (χ4v) is 4.45. The summed E-state index contributed by atoms with van der Waals surface area (Å²) in [6, 6.07) is 12.1. The lowest BCUT2D eigenvalue weighted by Gasteiger charge is -2.43. The lowest BCUT2D eigenvalue weighted by Crippen LogP contribution is -2.52. The van der Waals surface area contributed by atoms with Gasteiger partial charge in [-0.3, -0.25) is 4.79 Å². The minimum absolute atomic E-state index is 0.0127. The van der Waals surface area contributed by atoms with E-state index in [0.717, 1.165) is 23.3 Å². The molecule has 0 spiro atoms. The highest BCUT2D eigenvalue weighted by molar-refractivity contribution is 5.99. The summed E-state index contributed by atoms with van der Waals surface area (Å²) < 4.78 is 0. The number of nitriles is 1. The van der Waals surface area contributed by atoms with Gasteiger partial charge < -0.3 is 5.32 Å². The zero-order valence-corrected chi connectivity index (χ0v) is 14.0. The quantitative estimate of drug-likeness (QED) is 0.737. The number of hydrazine groups is 1. The highest BCUT2D eigenvalue weighted by atomic mass is 16.1. The van der Waals surface area contributed by atoms with E-state index in [9.17, 15) is 10.1 Å². The Morgan fingerprint density at radius 3 is 2.62 bits per heavy atom. The molecule has 1 saturated heterocycles. The minimum Gasteiger partial charge on any atom is -0.371 e. The van der Waals surface area contributed by atoms with E-state index in [-0.39, 0.29) is 35.2 Å². The molecule has 3 N–H and O–H groups in total. The predicted octanol–water partition coefficient (Wildman–Crippen LogP) is 1.96. The summed E-state index contributed by atoms with van der Waals surface area (Å²) in [5.41, 5.74) is 9.29. The zero-order valence-electron chi connectivity index (χ0n) is 14.0. The Kier molecular flexibility index (Phi) is 3.48. The Morgan fingerprint density at radius 2 is 1.92 bits per heavy atom. The molecule has 0 radical (unpaired) electrons. The molecular formula is C19H22N4O. The standard InChI is InChI=1S/C19H22N4O/c1-19(2)8-12-16(14(24)9-19)15(11-6-4-3-5-7-11)17-13(10-20)22-23-18(17)21-12/h3-7,13,15,17-18,21-23H,8-9H2,1-2H3. The van der Waals surface area contributed by atoms with E-state index in [4.69, 9.17) is 0 Å². The fraction of sp³-hybridized carbons (Fsp3) is 0.474. The van der Waals surface area contributed by atoms with Crippen molar-refractivity contribution in [3.05, 3.63) is 47.2 Å². The van der Waals surface area contributed by atoms with Crippen molar-refractivity contribution in [3.63, 3.8) is 0 Å². The molecule has 0 amide bonds. The maximum Gasteiger partial charge on any atom is 0.161 e. The van der Waals surface area contributed by atoms with Crippen molar-refractivity contribution in [2.45, 2.75) is 44.8 Å². The monoisotopic (exact) mass is 322 g/mol. The predicted molar refractivity (Wildman–Crippen MR) is 90.3 cm³/mol. The van der Waals surface area contributed by atoms with Gasteiger partial charge in [0.2, 0.25) is 0 Å². The van der Waals surface area contributed by atoms with Crippen molar-refractivity contribution in [1.82, 2.24) is 16.2 Å². The van der Waals surface area contributed by atoms with E-state index in [0.29, 0.717) is 6.42 Å². The van der Waals surface area contributed by atoms with E-state index in [2.05, 4.69) is 48.2 Å². The van der Waals surface area contributed by atoms with Gasteiger partial charge in [-0.15, -0.1) is 0 Å². The molecule has 5 heteroatoms. The number of benzene rings is 1. The van der Waals surface area contributed by atoms with E-state index >= 15 is 0 Å². The van der Waals surface area contributed by atoms with Crippen LogP contribution in [0.3, 0.4) is 0 Å². The van der Waals surface area contributed by atoms with Crippen LogP contribution in [0.1, 0.15) is 38.2 Å². The Balaban J connectivity index is 1.86. The fourth-order valence-electron chi connectivity index (χ4n) is 4.45. The van der Waals surface area contributed by atoms with Crippen molar-refractivity contribution < 1.29 is 4.79 Å². The SMILES string of the molecule is CC1(C)CC(=O)C2=C(C1)NC1NNC(C#N)C1C2c1ccccc1. The first-order chi connectivity index (χ1) is 11.5. The molecule has 2 aliphatic heterocycles. The van der Waals surface area contributed by atoms with Crippen LogP contribution in [-0.2, 0) is 4.79 Å². The van der Waals surface area contributed by atoms with Gasteiger partial charge in [0.05, 0.1) is 12.2 Å². The second kappa shape index (κ2) is 5.44. The second-order valence-electron chi connectivity index (χ2n) is 7.82.